The van der Waals surface area contributed by atoms with Crippen LogP contribution in [0.1, 0.15) is 51.5 Å². The molecule has 2 aliphatic rings. The summed E-state index contributed by atoms with van der Waals surface area (Å²) in [5.41, 5.74) is 0.923. The number of aromatic nitrogens is 3. The van der Waals surface area contributed by atoms with Crippen molar-refractivity contribution in [3.63, 3.8) is 0 Å². The van der Waals surface area contributed by atoms with Crippen LogP contribution < -0.4 is 15.1 Å². The van der Waals surface area contributed by atoms with Gasteiger partial charge < -0.3 is 20.2 Å². The molecule has 39 heavy (non-hydrogen) atoms. The summed E-state index contributed by atoms with van der Waals surface area (Å²) in [5.74, 6) is 1.88. The molecule has 2 saturated heterocycles. The summed E-state index contributed by atoms with van der Waals surface area (Å²) in [5, 5.41) is 15.3. The number of anilines is 4. The van der Waals surface area contributed by atoms with E-state index in [1.54, 1.807) is 17.2 Å². The van der Waals surface area contributed by atoms with E-state index in [1.165, 1.54) is 18.7 Å². The van der Waals surface area contributed by atoms with Crippen LogP contribution in [0.3, 0.4) is 0 Å². The molecular weight excluding hydrogens is 519 g/mol. The first kappa shape index (κ1) is 27.5. The number of sulfone groups is 1. The third-order valence-corrected chi connectivity index (χ3v) is 9.73. The fourth-order valence-electron chi connectivity index (χ4n) is 5.50. The Morgan fingerprint density at radius 3 is 2.49 bits per heavy atom. The first-order valence-corrected chi connectivity index (χ1v) is 15.5. The Morgan fingerprint density at radius 1 is 1.08 bits per heavy atom. The molecule has 2 fully saturated rings. The van der Waals surface area contributed by atoms with Crippen molar-refractivity contribution >= 4 is 43.9 Å². The number of aliphatic hydroxyl groups is 1. The summed E-state index contributed by atoms with van der Waals surface area (Å²) in [6.45, 7) is 7.70. The fraction of sp³-hybridized carbons (Fsp3) is 0.536. The maximum atomic E-state index is 14.4. The maximum Gasteiger partial charge on any atom is 0.227 e. The van der Waals surface area contributed by atoms with E-state index in [0.717, 1.165) is 16.5 Å². The summed E-state index contributed by atoms with van der Waals surface area (Å²) in [4.78, 5) is 17.6. The van der Waals surface area contributed by atoms with Crippen LogP contribution in [0.5, 0.6) is 0 Å². The Kier molecular flexibility index (Phi) is 7.41. The van der Waals surface area contributed by atoms with Crippen molar-refractivity contribution in [1.29, 1.82) is 0 Å². The first-order chi connectivity index (χ1) is 18.4. The van der Waals surface area contributed by atoms with Crippen molar-refractivity contribution in [2.24, 2.45) is 0 Å². The number of hydrogen-bond donors (Lipinski definition) is 2. The highest BCUT2D eigenvalue weighted by Crippen LogP contribution is 2.36. The molecule has 2 aromatic heterocycles. The van der Waals surface area contributed by atoms with Crippen LogP contribution >= 0.6 is 0 Å². The van der Waals surface area contributed by atoms with Gasteiger partial charge in [-0.25, -0.2) is 22.8 Å². The van der Waals surface area contributed by atoms with Gasteiger partial charge >= 0.3 is 0 Å². The molecule has 9 nitrogen and oxygen atoms in total. The van der Waals surface area contributed by atoms with Crippen molar-refractivity contribution in [2.45, 2.75) is 63.0 Å². The number of fused-ring (bicyclic) bond motifs is 1. The van der Waals surface area contributed by atoms with Gasteiger partial charge in [-0.15, -0.1) is 0 Å². The second-order valence-electron chi connectivity index (χ2n) is 11.3. The predicted octanol–water partition coefficient (Wildman–Crippen LogP) is 4.20. The van der Waals surface area contributed by atoms with Crippen molar-refractivity contribution in [1.82, 2.24) is 15.0 Å². The lowest BCUT2D eigenvalue weighted by Gasteiger charge is -2.38. The van der Waals surface area contributed by atoms with Crippen LogP contribution in [-0.4, -0.2) is 77.9 Å². The molecule has 11 heteroatoms. The monoisotopic (exact) mass is 556 g/mol. The van der Waals surface area contributed by atoms with E-state index >= 15 is 0 Å². The van der Waals surface area contributed by atoms with Crippen molar-refractivity contribution < 1.29 is 17.9 Å². The number of halogens is 1. The SMILES string of the molecule is CC(C)c1ccc(N2CCC(S(C)(=O)=O)CC2)c2cnc(Nc3ccnc(N4CC[C@@](C)(O)[C@@H](F)C4)n3)cc12. The topological polar surface area (TPSA) is 112 Å². The molecule has 210 valence electrons. The van der Waals surface area contributed by atoms with Gasteiger partial charge in [-0.05, 0) is 61.3 Å². The Bertz CT molecular complexity index is 1460. The van der Waals surface area contributed by atoms with Crippen molar-refractivity contribution in [2.75, 3.05) is 47.6 Å². The van der Waals surface area contributed by atoms with Crippen LogP contribution in [0.15, 0.2) is 36.7 Å². The van der Waals surface area contributed by atoms with Gasteiger partial charge in [-0.1, -0.05) is 19.9 Å². The minimum absolute atomic E-state index is 0.0344. The molecule has 2 N–H and O–H groups in total. The first-order valence-electron chi connectivity index (χ1n) is 13.5. The average Bonchev–Trinajstić information content (AvgIpc) is 2.89. The van der Waals surface area contributed by atoms with Crippen LogP contribution in [0.25, 0.3) is 10.8 Å². The zero-order valence-electron chi connectivity index (χ0n) is 22.9. The van der Waals surface area contributed by atoms with E-state index in [-0.39, 0.29) is 11.8 Å². The zero-order valence-corrected chi connectivity index (χ0v) is 23.7. The maximum absolute atomic E-state index is 14.4. The zero-order chi connectivity index (χ0) is 27.9. The Labute approximate surface area is 229 Å². The highest BCUT2D eigenvalue weighted by molar-refractivity contribution is 7.91. The standard InChI is InChI=1S/C28H37FN6O3S/c1-18(2)20-5-6-23(34-12-8-19(9-13-34)39(4,37)38)22-16-31-26(15-21(20)22)32-25-7-11-30-27(33-25)35-14-10-28(3,36)24(29)17-35/h5-7,11,15-16,18-19,24,36H,8-10,12-14,17H2,1-4H3,(H,30,31,32,33)/t24-,28+/m0/s1. The van der Waals surface area contributed by atoms with Crippen LogP contribution in [0.2, 0.25) is 0 Å². The highest BCUT2D eigenvalue weighted by Gasteiger charge is 2.38. The highest BCUT2D eigenvalue weighted by atomic mass is 32.2. The minimum atomic E-state index is -3.04. The van der Waals surface area contributed by atoms with E-state index in [0.29, 0.717) is 62.4 Å². The molecule has 2 aliphatic heterocycles. The van der Waals surface area contributed by atoms with Crippen LogP contribution in [0.4, 0.5) is 27.7 Å². The lowest BCUT2D eigenvalue weighted by molar-refractivity contribution is -0.0332. The number of piperidine rings is 2. The Morgan fingerprint density at radius 2 is 1.82 bits per heavy atom. The molecule has 0 aliphatic carbocycles. The van der Waals surface area contributed by atoms with E-state index in [1.807, 2.05) is 12.3 Å². The molecular formula is C28H37FN6O3S. The molecule has 0 amide bonds. The quantitative estimate of drug-likeness (QED) is 0.461. The molecule has 0 unspecified atom stereocenters. The number of pyridine rings is 1. The van der Waals surface area contributed by atoms with Gasteiger partial charge in [-0.2, -0.15) is 4.98 Å². The fourth-order valence-corrected chi connectivity index (χ4v) is 6.57. The van der Waals surface area contributed by atoms with Crippen LogP contribution in [-0.2, 0) is 9.84 Å². The van der Waals surface area contributed by atoms with E-state index in [4.69, 9.17) is 0 Å². The summed E-state index contributed by atoms with van der Waals surface area (Å²) in [6.07, 6.45) is 4.98. The lowest BCUT2D eigenvalue weighted by Crippen LogP contribution is -2.52. The normalized spacial score (nSPS) is 23.0. The lowest BCUT2D eigenvalue weighted by atomic mass is 9.92. The number of nitrogens with one attached hydrogen (secondary N) is 1. The second-order valence-corrected chi connectivity index (χ2v) is 13.7. The molecule has 0 radical (unpaired) electrons. The largest absolute Gasteiger partial charge is 0.387 e. The summed E-state index contributed by atoms with van der Waals surface area (Å²) in [7, 11) is -3.04. The molecule has 0 spiro atoms. The molecule has 2 atom stereocenters. The van der Waals surface area contributed by atoms with E-state index < -0.39 is 21.6 Å². The van der Waals surface area contributed by atoms with Gasteiger partial charge in [0.05, 0.1) is 17.4 Å². The molecule has 5 rings (SSSR count). The number of alkyl halides is 1. The van der Waals surface area contributed by atoms with Gasteiger partial charge in [0.25, 0.3) is 0 Å². The third-order valence-electron chi connectivity index (χ3n) is 8.05. The van der Waals surface area contributed by atoms with Crippen molar-refractivity contribution in [3.05, 3.63) is 42.2 Å². The third kappa shape index (κ3) is 5.79. The predicted molar refractivity (Wildman–Crippen MR) is 154 cm³/mol. The van der Waals surface area contributed by atoms with Gasteiger partial charge in [0.2, 0.25) is 5.95 Å². The van der Waals surface area contributed by atoms with Gasteiger partial charge in [0, 0.05) is 49.4 Å². The Hall–Kier alpha value is -3.05. The second kappa shape index (κ2) is 10.5. The molecule has 0 bridgehead atoms. The smallest absolute Gasteiger partial charge is 0.227 e. The number of rotatable bonds is 6. The molecule has 0 saturated carbocycles. The molecule has 1 aromatic carbocycles. The minimum Gasteiger partial charge on any atom is -0.387 e. The molecule has 4 heterocycles. The van der Waals surface area contributed by atoms with Crippen molar-refractivity contribution in [3.8, 4) is 0 Å². The van der Waals surface area contributed by atoms with E-state index in [2.05, 4.69) is 51.1 Å². The average molecular weight is 557 g/mol. The summed E-state index contributed by atoms with van der Waals surface area (Å²) >= 11 is 0. The van der Waals surface area contributed by atoms with Gasteiger partial charge in [0.1, 0.15) is 27.6 Å². The summed E-state index contributed by atoms with van der Waals surface area (Å²) < 4.78 is 38.5. The van der Waals surface area contributed by atoms with Gasteiger partial charge in [-0.3, -0.25) is 0 Å². The van der Waals surface area contributed by atoms with Gasteiger partial charge in [0.15, 0.2) is 0 Å². The number of hydrogen-bond acceptors (Lipinski definition) is 9. The molecule has 3 aromatic rings. The summed E-state index contributed by atoms with van der Waals surface area (Å²) in [6, 6.07) is 8.04. The number of nitrogens with zero attached hydrogens (tertiary/aromatic N) is 5. The Balaban J connectivity index is 1.40. The van der Waals surface area contributed by atoms with E-state index in [9.17, 15) is 17.9 Å². The van der Waals surface area contributed by atoms with Crippen LogP contribution in [0, 0.1) is 0 Å². The number of benzene rings is 1.